The van der Waals surface area contributed by atoms with Crippen LogP contribution in [0.2, 0.25) is 0 Å². The first-order valence-corrected chi connectivity index (χ1v) is 11.3. The van der Waals surface area contributed by atoms with E-state index in [9.17, 15) is 22.8 Å². The van der Waals surface area contributed by atoms with E-state index >= 15 is 0 Å². The Balaban J connectivity index is 1.85. The van der Waals surface area contributed by atoms with Gasteiger partial charge in [-0.3, -0.25) is 9.78 Å². The molecule has 34 heavy (non-hydrogen) atoms. The largest absolute Gasteiger partial charge is 0.444 e. The van der Waals surface area contributed by atoms with E-state index in [1.54, 1.807) is 38.1 Å². The van der Waals surface area contributed by atoms with Gasteiger partial charge in [-0.2, -0.15) is 13.2 Å². The molecule has 6 nitrogen and oxygen atoms in total. The zero-order valence-corrected chi connectivity index (χ0v) is 19.6. The van der Waals surface area contributed by atoms with Crippen molar-refractivity contribution < 1.29 is 27.5 Å². The number of alkyl carbamates (subject to hydrolysis) is 1. The molecule has 0 radical (unpaired) electrons. The molecule has 0 aliphatic carbocycles. The molecule has 0 unspecified atom stereocenters. The van der Waals surface area contributed by atoms with Gasteiger partial charge >= 0.3 is 12.3 Å². The minimum absolute atomic E-state index is 0.0342. The maximum absolute atomic E-state index is 13.7. The average molecular weight is 478 g/mol. The van der Waals surface area contributed by atoms with Crippen molar-refractivity contribution in [1.29, 1.82) is 0 Å². The molecule has 1 saturated heterocycles. The average Bonchev–Trinajstić information content (AvgIpc) is 2.77. The zero-order chi connectivity index (χ0) is 24.9. The highest BCUT2D eigenvalue weighted by Crippen LogP contribution is 2.32. The van der Waals surface area contributed by atoms with Crippen LogP contribution < -0.4 is 5.32 Å². The van der Waals surface area contributed by atoms with Crippen molar-refractivity contribution in [1.82, 2.24) is 15.2 Å². The fourth-order valence-electron chi connectivity index (χ4n) is 4.03. The smallest absolute Gasteiger partial charge is 0.416 e. The number of likely N-dealkylation sites (tertiary alicyclic amines) is 1. The Bertz CT molecular complexity index is 973. The number of benzene rings is 1. The first-order chi connectivity index (χ1) is 15.9. The number of aromatic nitrogens is 1. The number of ether oxygens (including phenoxy) is 1. The van der Waals surface area contributed by atoms with Crippen molar-refractivity contribution in [2.45, 2.75) is 70.3 Å². The molecule has 3 rings (SSSR count). The third-order valence-electron chi connectivity index (χ3n) is 5.57. The summed E-state index contributed by atoms with van der Waals surface area (Å²) in [5.41, 5.74) is -0.138. The number of nitrogens with zero attached hydrogens (tertiary/aromatic N) is 2. The molecule has 9 heteroatoms. The maximum atomic E-state index is 13.7. The lowest BCUT2D eigenvalue weighted by atomic mass is 9.94. The van der Waals surface area contributed by atoms with Gasteiger partial charge in [-0.1, -0.05) is 18.2 Å². The van der Waals surface area contributed by atoms with E-state index in [1.165, 1.54) is 12.1 Å². The number of pyridine rings is 1. The quantitative estimate of drug-likeness (QED) is 0.635. The molecule has 2 heterocycles. The van der Waals surface area contributed by atoms with E-state index in [2.05, 4.69) is 10.3 Å². The molecule has 1 aliphatic rings. The van der Waals surface area contributed by atoms with Crippen molar-refractivity contribution in [3.8, 4) is 0 Å². The Kier molecular flexibility index (Phi) is 7.84. The second-order valence-electron chi connectivity index (χ2n) is 9.43. The molecule has 1 fully saturated rings. The van der Waals surface area contributed by atoms with Gasteiger partial charge in [0.15, 0.2) is 0 Å². The second kappa shape index (κ2) is 10.4. The summed E-state index contributed by atoms with van der Waals surface area (Å²) in [6.07, 6.45) is 0.747. The van der Waals surface area contributed by atoms with Crippen LogP contribution in [0.3, 0.4) is 0 Å². The summed E-state index contributed by atoms with van der Waals surface area (Å²) >= 11 is 0. The van der Waals surface area contributed by atoms with Gasteiger partial charge in [0.05, 0.1) is 11.6 Å². The molecule has 2 aromatic rings. The molecule has 1 N–H and O–H groups in total. The monoisotopic (exact) mass is 477 g/mol. The fraction of sp³-hybridized carbons (Fsp3) is 0.480. The van der Waals surface area contributed by atoms with E-state index in [1.807, 2.05) is 12.1 Å². The molecule has 1 aliphatic heterocycles. The maximum Gasteiger partial charge on any atom is 0.416 e. The van der Waals surface area contributed by atoms with Gasteiger partial charge in [-0.05, 0) is 69.4 Å². The van der Waals surface area contributed by atoms with Gasteiger partial charge in [0.1, 0.15) is 11.6 Å². The van der Waals surface area contributed by atoms with Crippen molar-refractivity contribution in [2.75, 3.05) is 6.54 Å². The minimum atomic E-state index is -4.45. The summed E-state index contributed by atoms with van der Waals surface area (Å²) in [7, 11) is 0. The Morgan fingerprint density at radius 2 is 1.85 bits per heavy atom. The SMILES string of the molecule is CC(C)(C)OC(=O)N[C@@H](Cc1ccc(C(F)(F)F)cc1)C(=O)N1CCCC[C@@H]1c1cccnc1. The third kappa shape index (κ3) is 6.95. The van der Waals surface area contributed by atoms with Crippen LogP contribution in [0.5, 0.6) is 0 Å². The number of nitrogens with one attached hydrogen (secondary N) is 1. The predicted octanol–water partition coefficient (Wildman–Crippen LogP) is 5.29. The van der Waals surface area contributed by atoms with E-state index in [4.69, 9.17) is 4.74 Å². The first-order valence-electron chi connectivity index (χ1n) is 11.3. The number of amides is 2. The number of hydrogen-bond donors (Lipinski definition) is 1. The molecule has 0 bridgehead atoms. The van der Waals surface area contributed by atoms with Crippen molar-refractivity contribution >= 4 is 12.0 Å². The van der Waals surface area contributed by atoms with E-state index in [0.717, 1.165) is 37.0 Å². The van der Waals surface area contributed by atoms with Crippen LogP contribution in [0.4, 0.5) is 18.0 Å². The highest BCUT2D eigenvalue weighted by atomic mass is 19.4. The molecule has 2 atom stereocenters. The first kappa shape index (κ1) is 25.5. The van der Waals surface area contributed by atoms with Crippen molar-refractivity contribution in [3.05, 3.63) is 65.5 Å². The zero-order valence-electron chi connectivity index (χ0n) is 19.6. The molecular weight excluding hydrogens is 447 g/mol. The van der Waals surface area contributed by atoms with E-state index in [-0.39, 0.29) is 18.4 Å². The Morgan fingerprint density at radius 1 is 1.15 bits per heavy atom. The van der Waals surface area contributed by atoms with Crippen LogP contribution in [0.25, 0.3) is 0 Å². The normalized spacial score (nSPS) is 17.7. The molecule has 184 valence electrons. The summed E-state index contributed by atoms with van der Waals surface area (Å²) in [6.45, 7) is 5.64. The highest BCUT2D eigenvalue weighted by molar-refractivity contribution is 5.86. The standard InChI is InChI=1S/C25H30F3N3O3/c1-24(2,3)34-23(33)30-20(15-17-9-11-19(12-10-17)25(26,27)28)22(32)31-14-5-4-8-21(31)18-7-6-13-29-16-18/h6-7,9-13,16,20-21H,4-5,8,14-15H2,1-3H3,(H,30,33)/t20-,21+/m0/s1. The lowest BCUT2D eigenvalue weighted by molar-refractivity contribution is -0.138. The topological polar surface area (TPSA) is 71.5 Å². The summed E-state index contributed by atoms with van der Waals surface area (Å²) < 4.78 is 44.2. The molecular formula is C25H30F3N3O3. The van der Waals surface area contributed by atoms with Gasteiger partial charge in [0.2, 0.25) is 5.91 Å². The summed E-state index contributed by atoms with van der Waals surface area (Å²) in [6, 6.07) is 7.14. The van der Waals surface area contributed by atoms with Crippen LogP contribution in [-0.4, -0.2) is 40.1 Å². The third-order valence-corrected chi connectivity index (χ3v) is 5.57. The number of carbonyl (C=O) groups excluding carboxylic acids is 2. The van der Waals surface area contributed by atoms with Crippen molar-refractivity contribution in [3.63, 3.8) is 0 Å². The van der Waals surface area contributed by atoms with Crippen LogP contribution in [0.1, 0.15) is 62.8 Å². The van der Waals surface area contributed by atoms with E-state index in [0.29, 0.717) is 12.1 Å². The Labute approximate surface area is 197 Å². The van der Waals surface area contributed by atoms with Crippen LogP contribution in [-0.2, 0) is 22.1 Å². The molecule has 1 aromatic carbocycles. The van der Waals surface area contributed by atoms with Crippen LogP contribution in [0.15, 0.2) is 48.8 Å². The number of alkyl halides is 3. The summed E-state index contributed by atoms with van der Waals surface area (Å²) in [5.74, 6) is -0.306. The highest BCUT2D eigenvalue weighted by Gasteiger charge is 2.35. The number of piperidine rings is 1. The lowest BCUT2D eigenvalue weighted by Crippen LogP contribution is -2.52. The van der Waals surface area contributed by atoms with Gasteiger partial charge < -0.3 is 15.0 Å². The Hall–Kier alpha value is -3.10. The molecule has 0 spiro atoms. The number of halogens is 3. The van der Waals surface area contributed by atoms with Gasteiger partial charge in [0.25, 0.3) is 0 Å². The molecule has 0 saturated carbocycles. The second-order valence-corrected chi connectivity index (χ2v) is 9.43. The predicted molar refractivity (Wildman–Crippen MR) is 121 cm³/mol. The van der Waals surface area contributed by atoms with Crippen LogP contribution >= 0.6 is 0 Å². The lowest BCUT2D eigenvalue weighted by Gasteiger charge is -2.38. The van der Waals surface area contributed by atoms with Gasteiger partial charge in [-0.25, -0.2) is 4.79 Å². The van der Waals surface area contributed by atoms with Gasteiger partial charge in [0, 0.05) is 25.4 Å². The van der Waals surface area contributed by atoms with Crippen LogP contribution in [0, 0.1) is 0 Å². The summed E-state index contributed by atoms with van der Waals surface area (Å²) in [4.78, 5) is 32.1. The summed E-state index contributed by atoms with van der Waals surface area (Å²) in [5, 5.41) is 2.65. The molecule has 2 amide bonds. The number of hydrogen-bond acceptors (Lipinski definition) is 4. The number of rotatable bonds is 5. The van der Waals surface area contributed by atoms with Crippen molar-refractivity contribution in [2.24, 2.45) is 0 Å². The van der Waals surface area contributed by atoms with Gasteiger partial charge in [-0.15, -0.1) is 0 Å². The fourth-order valence-corrected chi connectivity index (χ4v) is 4.03. The Morgan fingerprint density at radius 3 is 2.44 bits per heavy atom. The number of carbonyl (C=O) groups is 2. The van der Waals surface area contributed by atoms with E-state index < -0.39 is 29.5 Å². The molecule has 1 aromatic heterocycles. The minimum Gasteiger partial charge on any atom is -0.444 e.